The van der Waals surface area contributed by atoms with Gasteiger partial charge in [-0.25, -0.2) is 8.42 Å². The third kappa shape index (κ3) is 2.45. The van der Waals surface area contributed by atoms with Crippen molar-refractivity contribution in [1.29, 1.82) is 0 Å². The van der Waals surface area contributed by atoms with Gasteiger partial charge in [0.15, 0.2) is 0 Å². The zero-order chi connectivity index (χ0) is 13.3. The van der Waals surface area contributed by atoms with Crippen LogP contribution in [-0.2, 0) is 23.7 Å². The van der Waals surface area contributed by atoms with Crippen LogP contribution in [0, 0.1) is 0 Å². The van der Waals surface area contributed by atoms with E-state index in [1.165, 1.54) is 10.4 Å². The highest BCUT2D eigenvalue weighted by atomic mass is 32.2. The number of hydrogen-bond donors (Lipinski definition) is 1. The van der Waals surface area contributed by atoms with Crippen LogP contribution in [0.3, 0.4) is 0 Å². The van der Waals surface area contributed by atoms with Gasteiger partial charge in [0.1, 0.15) is 4.90 Å². The second kappa shape index (κ2) is 5.24. The van der Waals surface area contributed by atoms with Crippen molar-refractivity contribution < 1.29 is 13.5 Å². The number of nitrogens with zero attached hydrogens (tertiary/aromatic N) is 2. The summed E-state index contributed by atoms with van der Waals surface area (Å²) in [6, 6.07) is 1.62. The standard InChI is InChI=1S/C11H18N2O3S2/c1-12-6-11(5-10(12)7-14)18(15,16)13(2)9-3-4-17-8-9/h5-6,9,14H,3-4,7-8H2,1-2H3. The van der Waals surface area contributed by atoms with Gasteiger partial charge < -0.3 is 9.67 Å². The topological polar surface area (TPSA) is 62.5 Å². The highest BCUT2D eigenvalue weighted by molar-refractivity contribution is 7.99. The van der Waals surface area contributed by atoms with Crippen molar-refractivity contribution in [3.8, 4) is 0 Å². The highest BCUT2D eigenvalue weighted by Crippen LogP contribution is 2.26. The minimum absolute atomic E-state index is 0.0813. The van der Waals surface area contributed by atoms with E-state index in [-0.39, 0.29) is 17.5 Å². The van der Waals surface area contributed by atoms with E-state index in [9.17, 15) is 8.42 Å². The van der Waals surface area contributed by atoms with Crippen LogP contribution in [-0.4, -0.2) is 47.0 Å². The molecule has 7 heteroatoms. The molecule has 1 atom stereocenters. The van der Waals surface area contributed by atoms with E-state index in [0.29, 0.717) is 5.69 Å². The Morgan fingerprint density at radius 2 is 2.33 bits per heavy atom. The van der Waals surface area contributed by atoms with E-state index in [4.69, 9.17) is 5.11 Å². The molecule has 5 nitrogen and oxygen atoms in total. The Kier molecular flexibility index (Phi) is 4.05. The van der Waals surface area contributed by atoms with Crippen molar-refractivity contribution in [2.75, 3.05) is 18.6 Å². The molecule has 1 aliphatic rings. The first-order valence-electron chi connectivity index (χ1n) is 5.78. The van der Waals surface area contributed by atoms with Gasteiger partial charge in [-0.1, -0.05) is 0 Å². The molecule has 1 aromatic heterocycles. The molecular weight excluding hydrogens is 272 g/mol. The van der Waals surface area contributed by atoms with Crippen LogP contribution < -0.4 is 0 Å². The normalized spacial score (nSPS) is 20.8. The maximum absolute atomic E-state index is 12.4. The Bertz CT molecular complexity index is 518. The number of aryl methyl sites for hydroxylation is 1. The van der Waals surface area contributed by atoms with Crippen molar-refractivity contribution in [1.82, 2.24) is 8.87 Å². The van der Waals surface area contributed by atoms with Crippen LogP contribution in [0.4, 0.5) is 0 Å². The lowest BCUT2D eigenvalue weighted by Gasteiger charge is -2.22. The number of sulfonamides is 1. The molecule has 0 radical (unpaired) electrons. The molecule has 102 valence electrons. The summed E-state index contributed by atoms with van der Waals surface area (Å²) in [5, 5.41) is 9.12. The SMILES string of the molecule is CN(C1CCSC1)S(=O)(=O)c1cc(CO)n(C)c1. The summed E-state index contributed by atoms with van der Waals surface area (Å²) in [5.41, 5.74) is 0.600. The van der Waals surface area contributed by atoms with E-state index in [1.807, 2.05) is 0 Å². The molecule has 0 saturated carbocycles. The largest absolute Gasteiger partial charge is 0.390 e. The summed E-state index contributed by atoms with van der Waals surface area (Å²) >= 11 is 1.78. The van der Waals surface area contributed by atoms with Gasteiger partial charge in [0.2, 0.25) is 10.0 Å². The van der Waals surface area contributed by atoms with Gasteiger partial charge in [-0.05, 0) is 18.2 Å². The Morgan fingerprint density at radius 3 is 2.83 bits per heavy atom. The average Bonchev–Trinajstić information content (AvgIpc) is 2.96. The molecule has 1 saturated heterocycles. The number of aliphatic hydroxyl groups excluding tert-OH is 1. The molecule has 0 spiro atoms. The smallest absolute Gasteiger partial charge is 0.244 e. The Hall–Kier alpha value is -0.500. The molecule has 0 aliphatic carbocycles. The van der Waals surface area contributed by atoms with Gasteiger partial charge in [0, 0.05) is 37.8 Å². The molecule has 1 fully saturated rings. The first-order valence-corrected chi connectivity index (χ1v) is 8.38. The van der Waals surface area contributed by atoms with Crippen LogP contribution in [0.25, 0.3) is 0 Å². The summed E-state index contributed by atoms with van der Waals surface area (Å²) in [5.74, 6) is 1.87. The fourth-order valence-electron chi connectivity index (χ4n) is 2.05. The predicted molar refractivity (Wildman–Crippen MR) is 72.0 cm³/mol. The third-order valence-corrected chi connectivity index (χ3v) is 6.36. The van der Waals surface area contributed by atoms with Crippen LogP contribution in [0.1, 0.15) is 12.1 Å². The van der Waals surface area contributed by atoms with Crippen molar-refractivity contribution in [3.63, 3.8) is 0 Å². The molecule has 2 heterocycles. The minimum atomic E-state index is -3.45. The Balaban J connectivity index is 2.28. The van der Waals surface area contributed by atoms with Crippen molar-refractivity contribution in [2.24, 2.45) is 7.05 Å². The summed E-state index contributed by atoms with van der Waals surface area (Å²) < 4.78 is 27.9. The lowest BCUT2D eigenvalue weighted by molar-refractivity contribution is 0.272. The maximum Gasteiger partial charge on any atom is 0.244 e. The number of aromatic nitrogens is 1. The van der Waals surface area contributed by atoms with Crippen molar-refractivity contribution >= 4 is 21.8 Å². The predicted octanol–water partition coefficient (Wildman–Crippen LogP) is 0.643. The van der Waals surface area contributed by atoms with Gasteiger partial charge in [-0.15, -0.1) is 0 Å². The second-order valence-electron chi connectivity index (χ2n) is 4.47. The molecule has 1 aromatic rings. The summed E-state index contributed by atoms with van der Waals surface area (Å²) in [4.78, 5) is 0.258. The third-order valence-electron chi connectivity index (χ3n) is 3.34. The van der Waals surface area contributed by atoms with Crippen LogP contribution in [0.2, 0.25) is 0 Å². The van der Waals surface area contributed by atoms with E-state index >= 15 is 0 Å². The molecular formula is C11H18N2O3S2. The molecule has 1 aliphatic heterocycles. The first-order chi connectivity index (χ1) is 8.46. The Morgan fingerprint density at radius 1 is 1.61 bits per heavy atom. The summed E-state index contributed by atoms with van der Waals surface area (Å²) in [6.07, 6.45) is 2.46. The quantitative estimate of drug-likeness (QED) is 0.884. The van der Waals surface area contributed by atoms with Crippen LogP contribution in [0.15, 0.2) is 17.2 Å². The number of rotatable bonds is 4. The van der Waals surface area contributed by atoms with E-state index in [1.54, 1.807) is 36.6 Å². The number of hydrogen-bond acceptors (Lipinski definition) is 4. The van der Waals surface area contributed by atoms with Gasteiger partial charge in [-0.3, -0.25) is 0 Å². The lowest BCUT2D eigenvalue weighted by Crippen LogP contribution is -2.36. The van der Waals surface area contributed by atoms with Crippen molar-refractivity contribution in [3.05, 3.63) is 18.0 Å². The van der Waals surface area contributed by atoms with Crippen molar-refractivity contribution in [2.45, 2.75) is 24.0 Å². The zero-order valence-electron chi connectivity index (χ0n) is 10.5. The zero-order valence-corrected chi connectivity index (χ0v) is 12.2. The summed E-state index contributed by atoms with van der Waals surface area (Å²) in [6.45, 7) is -0.158. The molecule has 18 heavy (non-hydrogen) atoms. The molecule has 0 aromatic carbocycles. The van der Waals surface area contributed by atoms with E-state index in [2.05, 4.69) is 0 Å². The number of aliphatic hydroxyl groups is 1. The fourth-order valence-corrected chi connectivity index (χ4v) is 4.89. The lowest BCUT2D eigenvalue weighted by atomic mass is 10.3. The monoisotopic (exact) mass is 290 g/mol. The van der Waals surface area contributed by atoms with E-state index in [0.717, 1.165) is 17.9 Å². The van der Waals surface area contributed by atoms with Gasteiger partial charge in [0.05, 0.1) is 6.61 Å². The van der Waals surface area contributed by atoms with E-state index < -0.39 is 10.0 Å². The average molecular weight is 290 g/mol. The maximum atomic E-state index is 12.4. The van der Waals surface area contributed by atoms with Crippen LogP contribution in [0.5, 0.6) is 0 Å². The van der Waals surface area contributed by atoms with Gasteiger partial charge in [0.25, 0.3) is 0 Å². The first kappa shape index (κ1) is 13.9. The summed E-state index contributed by atoms with van der Waals surface area (Å²) in [7, 11) is -0.0776. The molecule has 0 amide bonds. The highest BCUT2D eigenvalue weighted by Gasteiger charge is 2.31. The second-order valence-corrected chi connectivity index (χ2v) is 7.62. The Labute approximate surface area is 112 Å². The molecule has 1 N–H and O–H groups in total. The van der Waals surface area contributed by atoms with Gasteiger partial charge in [-0.2, -0.15) is 16.1 Å². The molecule has 0 bridgehead atoms. The molecule has 1 unspecified atom stereocenters. The number of thioether (sulfide) groups is 1. The minimum Gasteiger partial charge on any atom is -0.390 e. The van der Waals surface area contributed by atoms with Gasteiger partial charge >= 0.3 is 0 Å². The molecule has 2 rings (SSSR count). The fraction of sp³-hybridized carbons (Fsp3) is 0.636. The van der Waals surface area contributed by atoms with Crippen LogP contribution >= 0.6 is 11.8 Å².